The third kappa shape index (κ3) is 2.65. The lowest BCUT2D eigenvalue weighted by Crippen LogP contribution is -2.11. The highest BCUT2D eigenvalue weighted by Gasteiger charge is 2.12. The molecule has 0 aliphatic carbocycles. The van der Waals surface area contributed by atoms with Gasteiger partial charge in [-0.15, -0.1) is 0 Å². The molecule has 1 aromatic heterocycles. The van der Waals surface area contributed by atoms with Crippen LogP contribution in [0.25, 0.3) is 11.4 Å². The van der Waals surface area contributed by atoms with Crippen LogP contribution in [-0.4, -0.2) is 23.1 Å². The minimum atomic E-state index is 0.956. The lowest BCUT2D eigenvalue weighted by molar-refractivity contribution is 0.772. The number of aromatic nitrogens is 2. The van der Waals surface area contributed by atoms with Gasteiger partial charge in [0.15, 0.2) is 0 Å². The van der Waals surface area contributed by atoms with E-state index < -0.39 is 0 Å². The molecule has 1 aromatic carbocycles. The average Bonchev–Trinajstić information content (AvgIpc) is 2.65. The summed E-state index contributed by atoms with van der Waals surface area (Å²) >= 11 is 3.45. The van der Waals surface area contributed by atoms with Gasteiger partial charge in [-0.3, -0.25) is 0 Å². The van der Waals surface area contributed by atoms with Crippen LogP contribution in [0, 0.1) is 6.92 Å². The first kappa shape index (κ1) is 13.3. The number of hydrogen-bond donors (Lipinski definition) is 1. The van der Waals surface area contributed by atoms with Gasteiger partial charge in [-0.2, -0.15) is 0 Å². The molecule has 0 amide bonds. The van der Waals surface area contributed by atoms with Gasteiger partial charge in [-0.25, -0.2) is 4.98 Å². The molecule has 0 fully saturated rings. The highest BCUT2D eigenvalue weighted by atomic mass is 79.9. The Morgan fingerprint density at radius 3 is 2.56 bits per heavy atom. The van der Waals surface area contributed by atoms with Gasteiger partial charge >= 0.3 is 0 Å². The number of imidazole rings is 1. The van der Waals surface area contributed by atoms with Crippen LogP contribution in [0.2, 0.25) is 0 Å². The zero-order valence-corrected chi connectivity index (χ0v) is 12.6. The number of likely N-dealkylation sites (N-methyl/N-ethyl adjacent to an activating group) is 1. The lowest BCUT2D eigenvalue weighted by atomic mass is 10.2. The molecule has 0 saturated heterocycles. The maximum atomic E-state index is 4.75. The van der Waals surface area contributed by atoms with Crippen LogP contribution in [0.1, 0.15) is 11.4 Å². The molecule has 18 heavy (non-hydrogen) atoms. The normalized spacial score (nSPS) is 10.9. The molecule has 0 aliphatic rings. The number of benzene rings is 1. The second-order valence-corrected chi connectivity index (χ2v) is 5.30. The van der Waals surface area contributed by atoms with Crippen molar-refractivity contribution in [2.45, 2.75) is 13.3 Å². The van der Waals surface area contributed by atoms with E-state index >= 15 is 0 Å². The third-order valence-corrected chi connectivity index (χ3v) is 3.72. The minimum absolute atomic E-state index is 0.956. The summed E-state index contributed by atoms with van der Waals surface area (Å²) in [4.78, 5) is 4.75. The van der Waals surface area contributed by atoms with Crippen molar-refractivity contribution in [3.8, 4) is 11.4 Å². The summed E-state index contributed by atoms with van der Waals surface area (Å²) < 4.78 is 3.25. The van der Waals surface area contributed by atoms with Gasteiger partial charge < -0.3 is 9.88 Å². The zero-order chi connectivity index (χ0) is 13.1. The highest BCUT2D eigenvalue weighted by molar-refractivity contribution is 9.10. The molecule has 3 nitrogen and oxygen atoms in total. The standard InChI is InChI=1S/C14H18BrN3/c1-10-13(8-9-16-2)17-14(18(10)3)11-4-6-12(15)7-5-11/h4-7,16H,8-9H2,1-3H3. The van der Waals surface area contributed by atoms with Gasteiger partial charge in [-0.1, -0.05) is 28.1 Å². The van der Waals surface area contributed by atoms with E-state index in [-0.39, 0.29) is 0 Å². The van der Waals surface area contributed by atoms with Crippen LogP contribution in [0.15, 0.2) is 28.7 Å². The van der Waals surface area contributed by atoms with Gasteiger partial charge in [0.05, 0.1) is 5.69 Å². The summed E-state index contributed by atoms with van der Waals surface area (Å²) in [7, 11) is 4.04. The summed E-state index contributed by atoms with van der Waals surface area (Å²) in [6.45, 7) is 3.08. The van der Waals surface area contributed by atoms with Crippen LogP contribution >= 0.6 is 15.9 Å². The first-order valence-electron chi connectivity index (χ1n) is 6.06. The Bertz CT molecular complexity index is 529. The summed E-state index contributed by atoms with van der Waals surface area (Å²) in [5, 5.41) is 3.16. The van der Waals surface area contributed by atoms with E-state index in [1.165, 1.54) is 11.4 Å². The van der Waals surface area contributed by atoms with E-state index in [1.807, 2.05) is 19.2 Å². The second kappa shape index (κ2) is 5.67. The van der Waals surface area contributed by atoms with Crippen molar-refractivity contribution in [3.63, 3.8) is 0 Å². The SMILES string of the molecule is CNCCc1nc(-c2ccc(Br)cc2)n(C)c1C. The van der Waals surface area contributed by atoms with Crippen LogP contribution < -0.4 is 5.32 Å². The largest absolute Gasteiger partial charge is 0.331 e. The summed E-state index contributed by atoms with van der Waals surface area (Å²) in [6.07, 6.45) is 0.965. The molecule has 0 unspecified atom stereocenters. The Kier molecular flexibility index (Phi) is 4.19. The van der Waals surface area contributed by atoms with E-state index in [0.29, 0.717) is 0 Å². The molecule has 96 valence electrons. The molecule has 2 rings (SSSR count). The molecule has 0 bridgehead atoms. The fraction of sp³-hybridized carbons (Fsp3) is 0.357. The predicted octanol–water partition coefficient (Wildman–Crippen LogP) is 2.92. The van der Waals surface area contributed by atoms with Crippen molar-refractivity contribution in [3.05, 3.63) is 40.1 Å². The Morgan fingerprint density at radius 1 is 1.28 bits per heavy atom. The minimum Gasteiger partial charge on any atom is -0.331 e. The molecule has 1 N–H and O–H groups in total. The second-order valence-electron chi connectivity index (χ2n) is 4.39. The molecular weight excluding hydrogens is 290 g/mol. The summed E-state index contributed by atoms with van der Waals surface area (Å²) in [5.74, 6) is 1.03. The molecule has 4 heteroatoms. The van der Waals surface area contributed by atoms with E-state index in [1.54, 1.807) is 0 Å². The third-order valence-electron chi connectivity index (χ3n) is 3.19. The maximum Gasteiger partial charge on any atom is 0.140 e. The van der Waals surface area contributed by atoms with Gasteiger partial charge in [0.2, 0.25) is 0 Å². The van der Waals surface area contributed by atoms with Crippen LogP contribution in [-0.2, 0) is 13.5 Å². The van der Waals surface area contributed by atoms with Crippen molar-refractivity contribution >= 4 is 15.9 Å². The fourth-order valence-corrected chi connectivity index (χ4v) is 2.24. The van der Waals surface area contributed by atoms with Crippen LogP contribution in [0.5, 0.6) is 0 Å². The van der Waals surface area contributed by atoms with E-state index in [2.05, 4.69) is 51.9 Å². The maximum absolute atomic E-state index is 4.75. The number of nitrogens with zero attached hydrogens (tertiary/aromatic N) is 2. The van der Waals surface area contributed by atoms with Gasteiger partial charge in [-0.05, 0) is 26.1 Å². The molecule has 0 atom stereocenters. The Labute approximate surface area is 116 Å². The first-order valence-corrected chi connectivity index (χ1v) is 6.85. The number of halogens is 1. The van der Waals surface area contributed by atoms with Crippen LogP contribution in [0.4, 0.5) is 0 Å². The first-order chi connectivity index (χ1) is 8.63. The molecule has 1 heterocycles. The number of hydrogen-bond acceptors (Lipinski definition) is 2. The summed E-state index contributed by atoms with van der Waals surface area (Å²) in [6, 6.07) is 8.28. The van der Waals surface area contributed by atoms with Crippen molar-refractivity contribution in [2.24, 2.45) is 7.05 Å². The van der Waals surface area contributed by atoms with Crippen LogP contribution in [0.3, 0.4) is 0 Å². The Balaban J connectivity index is 2.36. The lowest BCUT2D eigenvalue weighted by Gasteiger charge is -2.03. The zero-order valence-electron chi connectivity index (χ0n) is 11.0. The Hall–Kier alpha value is -1.13. The average molecular weight is 308 g/mol. The monoisotopic (exact) mass is 307 g/mol. The van der Waals surface area contributed by atoms with Crippen molar-refractivity contribution < 1.29 is 0 Å². The highest BCUT2D eigenvalue weighted by Crippen LogP contribution is 2.23. The van der Waals surface area contributed by atoms with Crippen molar-refractivity contribution in [1.82, 2.24) is 14.9 Å². The predicted molar refractivity (Wildman–Crippen MR) is 78.7 cm³/mol. The quantitative estimate of drug-likeness (QED) is 0.941. The van der Waals surface area contributed by atoms with E-state index in [0.717, 1.165) is 28.8 Å². The van der Waals surface area contributed by atoms with Crippen molar-refractivity contribution in [1.29, 1.82) is 0 Å². The van der Waals surface area contributed by atoms with Gasteiger partial charge in [0.25, 0.3) is 0 Å². The molecule has 0 spiro atoms. The molecule has 0 radical (unpaired) electrons. The van der Waals surface area contributed by atoms with E-state index in [9.17, 15) is 0 Å². The number of nitrogens with one attached hydrogen (secondary N) is 1. The topological polar surface area (TPSA) is 29.9 Å². The molecule has 0 aliphatic heterocycles. The molecule has 2 aromatic rings. The number of rotatable bonds is 4. The van der Waals surface area contributed by atoms with E-state index in [4.69, 9.17) is 4.98 Å². The smallest absolute Gasteiger partial charge is 0.140 e. The fourth-order valence-electron chi connectivity index (χ4n) is 1.97. The van der Waals surface area contributed by atoms with Crippen molar-refractivity contribution in [2.75, 3.05) is 13.6 Å². The summed E-state index contributed by atoms with van der Waals surface area (Å²) in [5.41, 5.74) is 3.56. The molecular formula is C14H18BrN3. The molecule has 0 saturated carbocycles. The van der Waals surface area contributed by atoms with Gasteiger partial charge in [0, 0.05) is 35.7 Å². The Morgan fingerprint density at radius 2 is 1.94 bits per heavy atom. The van der Waals surface area contributed by atoms with Gasteiger partial charge in [0.1, 0.15) is 5.82 Å².